The molecule has 11 nitrogen and oxygen atoms in total. The summed E-state index contributed by atoms with van der Waals surface area (Å²) in [6.45, 7) is 1.58. The Morgan fingerprint density at radius 3 is 2.94 bits per heavy atom. The predicted molar refractivity (Wildman–Crippen MR) is 114 cm³/mol. The molecule has 11 heteroatoms. The molecule has 3 N–H and O–H groups in total. The zero-order chi connectivity index (χ0) is 21.8. The SMILES string of the molecule is CN(C)c1nc(N)c2ncn(CCCCOC(=O)NCc3ccc4c(c3)OCO4)c2n1. The molecule has 0 aliphatic carbocycles. The average Bonchev–Trinajstić information content (AvgIpc) is 3.38. The van der Waals surface area contributed by atoms with Crippen LogP contribution in [0.25, 0.3) is 11.2 Å². The molecule has 0 radical (unpaired) electrons. The molecule has 1 amide bonds. The summed E-state index contributed by atoms with van der Waals surface area (Å²) in [4.78, 5) is 26.8. The third kappa shape index (κ3) is 4.71. The van der Waals surface area contributed by atoms with Crippen LogP contribution in [-0.2, 0) is 17.8 Å². The molecule has 0 fully saturated rings. The van der Waals surface area contributed by atoms with Crippen LogP contribution in [-0.4, -0.2) is 53.1 Å². The fraction of sp³-hybridized carbons (Fsp3) is 0.400. The summed E-state index contributed by atoms with van der Waals surface area (Å²) in [5.41, 5.74) is 8.17. The number of imidazole rings is 1. The van der Waals surface area contributed by atoms with E-state index in [1.807, 2.05) is 36.9 Å². The lowest BCUT2D eigenvalue weighted by atomic mass is 10.2. The monoisotopic (exact) mass is 427 g/mol. The molecule has 1 aliphatic rings. The minimum absolute atomic E-state index is 0.222. The highest BCUT2D eigenvalue weighted by Crippen LogP contribution is 2.32. The first kappa shape index (κ1) is 20.5. The summed E-state index contributed by atoms with van der Waals surface area (Å²) >= 11 is 0. The molecule has 0 unspecified atom stereocenters. The van der Waals surface area contributed by atoms with Crippen LogP contribution < -0.4 is 25.4 Å². The summed E-state index contributed by atoms with van der Waals surface area (Å²) in [5, 5.41) is 2.73. The number of nitrogens with zero attached hydrogens (tertiary/aromatic N) is 5. The van der Waals surface area contributed by atoms with Gasteiger partial charge in [0.25, 0.3) is 0 Å². The van der Waals surface area contributed by atoms with E-state index in [1.54, 1.807) is 11.2 Å². The Labute approximate surface area is 179 Å². The van der Waals surface area contributed by atoms with Gasteiger partial charge in [-0.1, -0.05) is 6.07 Å². The lowest BCUT2D eigenvalue weighted by Crippen LogP contribution is -2.24. The number of nitrogen functional groups attached to an aromatic ring is 1. The number of amides is 1. The van der Waals surface area contributed by atoms with Gasteiger partial charge in [-0.3, -0.25) is 0 Å². The first-order valence-electron chi connectivity index (χ1n) is 9.96. The van der Waals surface area contributed by atoms with Crippen molar-refractivity contribution in [2.75, 3.05) is 38.1 Å². The molecule has 0 atom stereocenters. The first-order valence-corrected chi connectivity index (χ1v) is 9.96. The number of fused-ring (bicyclic) bond motifs is 2. The number of hydrogen-bond donors (Lipinski definition) is 2. The average molecular weight is 427 g/mol. The highest BCUT2D eigenvalue weighted by molar-refractivity contribution is 5.82. The van der Waals surface area contributed by atoms with Crippen molar-refractivity contribution in [3.8, 4) is 11.5 Å². The molecule has 1 aliphatic heterocycles. The Morgan fingerprint density at radius 2 is 2.10 bits per heavy atom. The van der Waals surface area contributed by atoms with Crippen LogP contribution in [0.15, 0.2) is 24.5 Å². The molecular weight excluding hydrogens is 402 g/mol. The van der Waals surface area contributed by atoms with Crippen LogP contribution in [0.4, 0.5) is 16.6 Å². The zero-order valence-electron chi connectivity index (χ0n) is 17.5. The fourth-order valence-corrected chi connectivity index (χ4v) is 3.14. The van der Waals surface area contributed by atoms with Gasteiger partial charge >= 0.3 is 6.09 Å². The number of carbonyl (C=O) groups excluding carboxylic acids is 1. The summed E-state index contributed by atoms with van der Waals surface area (Å²) in [6.07, 6.45) is 2.75. The summed E-state index contributed by atoms with van der Waals surface area (Å²) in [6, 6.07) is 5.54. The lowest BCUT2D eigenvalue weighted by molar-refractivity contribution is 0.143. The van der Waals surface area contributed by atoms with Gasteiger partial charge in [-0.2, -0.15) is 9.97 Å². The predicted octanol–water partition coefficient (Wildman–Crippen LogP) is 1.91. The van der Waals surface area contributed by atoms with Crippen LogP contribution >= 0.6 is 0 Å². The molecule has 0 saturated carbocycles. The Bertz CT molecular complexity index is 1080. The summed E-state index contributed by atoms with van der Waals surface area (Å²) < 4.78 is 17.8. The van der Waals surface area contributed by atoms with Gasteiger partial charge in [0.2, 0.25) is 12.7 Å². The molecule has 0 bridgehead atoms. The van der Waals surface area contributed by atoms with Crippen molar-refractivity contribution in [2.45, 2.75) is 25.9 Å². The van der Waals surface area contributed by atoms with Gasteiger partial charge in [-0.15, -0.1) is 0 Å². The van der Waals surface area contributed by atoms with E-state index < -0.39 is 6.09 Å². The van der Waals surface area contributed by atoms with Gasteiger partial charge in [0, 0.05) is 27.2 Å². The zero-order valence-corrected chi connectivity index (χ0v) is 17.5. The molecule has 164 valence electrons. The Kier molecular flexibility index (Phi) is 5.92. The Morgan fingerprint density at radius 1 is 1.26 bits per heavy atom. The molecule has 3 aromatic rings. The molecule has 3 heterocycles. The summed E-state index contributed by atoms with van der Waals surface area (Å²) in [7, 11) is 3.71. The summed E-state index contributed by atoms with van der Waals surface area (Å²) in [5.74, 6) is 2.29. The second kappa shape index (κ2) is 8.94. The largest absolute Gasteiger partial charge is 0.454 e. The van der Waals surface area contributed by atoms with Gasteiger partial charge in [-0.25, -0.2) is 9.78 Å². The van der Waals surface area contributed by atoms with Gasteiger partial charge in [0.15, 0.2) is 23.0 Å². The van der Waals surface area contributed by atoms with Crippen molar-refractivity contribution in [1.29, 1.82) is 0 Å². The number of benzene rings is 1. The third-order valence-corrected chi connectivity index (χ3v) is 4.78. The van der Waals surface area contributed by atoms with Crippen LogP contribution in [0.1, 0.15) is 18.4 Å². The fourth-order valence-electron chi connectivity index (χ4n) is 3.14. The number of ether oxygens (including phenoxy) is 3. The second-order valence-corrected chi connectivity index (χ2v) is 7.30. The first-order chi connectivity index (χ1) is 15.0. The molecule has 1 aromatic carbocycles. The highest BCUT2D eigenvalue weighted by Gasteiger charge is 2.14. The van der Waals surface area contributed by atoms with Crippen LogP contribution in [0, 0.1) is 0 Å². The molecule has 31 heavy (non-hydrogen) atoms. The van der Waals surface area contributed by atoms with Crippen molar-refractivity contribution in [1.82, 2.24) is 24.8 Å². The van der Waals surface area contributed by atoms with Gasteiger partial charge in [0.1, 0.15) is 5.52 Å². The lowest BCUT2D eigenvalue weighted by Gasteiger charge is -2.11. The maximum absolute atomic E-state index is 11.9. The van der Waals surface area contributed by atoms with Crippen molar-refractivity contribution < 1.29 is 19.0 Å². The number of nitrogens with two attached hydrogens (primary N) is 1. The van der Waals surface area contributed by atoms with E-state index in [-0.39, 0.29) is 6.79 Å². The molecular formula is C20H25N7O4. The number of aryl methyl sites for hydroxylation is 1. The van der Waals surface area contributed by atoms with Crippen LogP contribution in [0.5, 0.6) is 11.5 Å². The Hall–Kier alpha value is -3.76. The number of alkyl carbamates (subject to hydrolysis) is 1. The van der Waals surface area contributed by atoms with Crippen molar-refractivity contribution in [2.24, 2.45) is 0 Å². The van der Waals surface area contributed by atoms with E-state index in [0.717, 1.165) is 12.0 Å². The van der Waals surface area contributed by atoms with Crippen molar-refractivity contribution in [3.05, 3.63) is 30.1 Å². The minimum atomic E-state index is -0.457. The van der Waals surface area contributed by atoms with Crippen molar-refractivity contribution in [3.63, 3.8) is 0 Å². The number of anilines is 2. The van der Waals surface area contributed by atoms with Crippen LogP contribution in [0.2, 0.25) is 0 Å². The standard InChI is InChI=1S/C20H25N7O4/c1-26(2)19-24-17(21)16-18(25-19)27(11-23-16)7-3-4-8-29-20(28)22-10-13-5-6-14-15(9-13)31-12-30-14/h5-6,9,11H,3-4,7-8,10,12H2,1-2H3,(H,22,28)(H2,21,24,25). The number of hydrogen-bond acceptors (Lipinski definition) is 9. The minimum Gasteiger partial charge on any atom is -0.454 e. The smallest absolute Gasteiger partial charge is 0.407 e. The molecule has 4 rings (SSSR count). The number of unbranched alkanes of at least 4 members (excludes halogenated alkanes) is 1. The normalized spacial score (nSPS) is 12.2. The highest BCUT2D eigenvalue weighted by atomic mass is 16.7. The molecule has 0 saturated heterocycles. The maximum atomic E-state index is 11.9. The number of aromatic nitrogens is 4. The van der Waals surface area contributed by atoms with E-state index in [0.29, 0.717) is 60.5 Å². The topological polar surface area (TPSA) is 130 Å². The maximum Gasteiger partial charge on any atom is 0.407 e. The second-order valence-electron chi connectivity index (χ2n) is 7.30. The quantitative estimate of drug-likeness (QED) is 0.518. The Balaban J connectivity index is 1.20. The van der Waals surface area contributed by atoms with E-state index in [2.05, 4.69) is 20.3 Å². The number of nitrogens with one attached hydrogen (secondary N) is 1. The third-order valence-electron chi connectivity index (χ3n) is 4.78. The number of carbonyl (C=O) groups is 1. The number of rotatable bonds is 8. The molecule has 2 aromatic heterocycles. The van der Waals surface area contributed by atoms with Gasteiger partial charge in [0.05, 0.1) is 12.9 Å². The molecule has 0 spiro atoms. The van der Waals surface area contributed by atoms with E-state index in [4.69, 9.17) is 19.9 Å². The van der Waals surface area contributed by atoms with Crippen molar-refractivity contribution >= 4 is 29.0 Å². The van der Waals surface area contributed by atoms with Gasteiger partial charge < -0.3 is 34.7 Å². The van der Waals surface area contributed by atoms with E-state index in [1.165, 1.54) is 0 Å². The van der Waals surface area contributed by atoms with Crippen LogP contribution in [0.3, 0.4) is 0 Å². The van der Waals surface area contributed by atoms with E-state index in [9.17, 15) is 4.79 Å². The van der Waals surface area contributed by atoms with E-state index >= 15 is 0 Å². The van der Waals surface area contributed by atoms with Gasteiger partial charge in [-0.05, 0) is 30.5 Å².